The van der Waals surface area contributed by atoms with E-state index in [9.17, 15) is 9.50 Å². The number of halogens is 1. The van der Waals surface area contributed by atoms with Gasteiger partial charge in [0.2, 0.25) is 0 Å². The van der Waals surface area contributed by atoms with Crippen molar-refractivity contribution in [2.45, 2.75) is 44.8 Å². The van der Waals surface area contributed by atoms with E-state index in [1.807, 2.05) is 0 Å². The number of rotatable bonds is 4. The molecule has 0 aliphatic heterocycles. The van der Waals surface area contributed by atoms with Crippen LogP contribution < -0.4 is 4.74 Å². The van der Waals surface area contributed by atoms with Gasteiger partial charge in [-0.05, 0) is 49.9 Å². The fourth-order valence-electron chi connectivity index (χ4n) is 1.81. The summed E-state index contributed by atoms with van der Waals surface area (Å²) in [5.74, 6) is 0.434. The van der Waals surface area contributed by atoms with Gasteiger partial charge in [0.25, 0.3) is 0 Å². The van der Waals surface area contributed by atoms with E-state index in [0.29, 0.717) is 12.2 Å². The number of aliphatic hydroxyl groups is 1. The summed E-state index contributed by atoms with van der Waals surface area (Å²) in [5, 5.41) is 9.35. The zero-order chi connectivity index (χ0) is 11.5. The maximum atomic E-state index is 13.1. The van der Waals surface area contributed by atoms with Crippen LogP contribution in [0.5, 0.6) is 5.75 Å². The molecule has 16 heavy (non-hydrogen) atoms. The van der Waals surface area contributed by atoms with Crippen molar-refractivity contribution < 1.29 is 14.2 Å². The van der Waals surface area contributed by atoms with Gasteiger partial charge in [-0.2, -0.15) is 0 Å². The van der Waals surface area contributed by atoms with Crippen LogP contribution in [0.15, 0.2) is 18.2 Å². The van der Waals surface area contributed by atoms with E-state index in [1.54, 1.807) is 13.0 Å². The second-order valence-electron chi connectivity index (χ2n) is 4.48. The second kappa shape index (κ2) is 4.83. The highest BCUT2D eigenvalue weighted by molar-refractivity contribution is 5.34. The second-order valence-corrected chi connectivity index (χ2v) is 4.48. The highest BCUT2D eigenvalue weighted by Gasteiger charge is 2.20. The van der Waals surface area contributed by atoms with Gasteiger partial charge in [-0.25, -0.2) is 4.39 Å². The third-order valence-corrected chi connectivity index (χ3v) is 2.88. The van der Waals surface area contributed by atoms with E-state index in [2.05, 4.69) is 0 Å². The van der Waals surface area contributed by atoms with Gasteiger partial charge in [0.05, 0.1) is 12.2 Å². The molecule has 3 heteroatoms. The molecular formula is C13H17FO2. The van der Waals surface area contributed by atoms with Gasteiger partial charge in [0.15, 0.2) is 0 Å². The van der Waals surface area contributed by atoms with Crippen LogP contribution in [0.2, 0.25) is 0 Å². The monoisotopic (exact) mass is 224 g/mol. The lowest BCUT2D eigenvalue weighted by atomic mass is 9.96. The maximum absolute atomic E-state index is 13.1. The van der Waals surface area contributed by atoms with Crippen molar-refractivity contribution in [2.75, 3.05) is 0 Å². The van der Waals surface area contributed by atoms with Gasteiger partial charge in [-0.1, -0.05) is 0 Å². The average molecular weight is 224 g/mol. The largest absolute Gasteiger partial charge is 0.490 e. The Hall–Kier alpha value is -1.09. The average Bonchev–Trinajstić information content (AvgIpc) is 2.12. The summed E-state index contributed by atoms with van der Waals surface area (Å²) < 4.78 is 18.9. The highest BCUT2D eigenvalue weighted by atomic mass is 19.1. The van der Waals surface area contributed by atoms with Crippen molar-refractivity contribution in [1.82, 2.24) is 0 Å². The number of aliphatic hydroxyl groups excluding tert-OH is 1. The molecule has 1 aromatic rings. The molecule has 1 aliphatic rings. The zero-order valence-electron chi connectivity index (χ0n) is 9.45. The minimum atomic E-state index is -0.481. The summed E-state index contributed by atoms with van der Waals surface area (Å²) in [4.78, 5) is 0. The summed E-state index contributed by atoms with van der Waals surface area (Å²) in [6.45, 7) is 1.69. The molecule has 1 aromatic carbocycles. The molecule has 1 saturated carbocycles. The SMILES string of the molecule is CC(O)Cc1cc(F)ccc1OC1CCC1. The smallest absolute Gasteiger partial charge is 0.123 e. The Morgan fingerprint density at radius 1 is 1.50 bits per heavy atom. The third-order valence-electron chi connectivity index (χ3n) is 2.88. The predicted molar refractivity (Wildman–Crippen MR) is 60.1 cm³/mol. The standard InChI is InChI=1S/C13H17FO2/c1-9(15)7-10-8-11(14)5-6-13(10)16-12-3-2-4-12/h5-6,8-9,12,15H,2-4,7H2,1H3. The molecule has 0 saturated heterocycles. The lowest BCUT2D eigenvalue weighted by Crippen LogP contribution is -2.25. The fraction of sp³-hybridized carbons (Fsp3) is 0.538. The molecular weight excluding hydrogens is 207 g/mol. The van der Waals surface area contributed by atoms with E-state index in [0.717, 1.165) is 18.4 Å². The molecule has 88 valence electrons. The third kappa shape index (κ3) is 2.73. The predicted octanol–water partition coefficient (Wildman–Crippen LogP) is 2.68. The molecule has 0 bridgehead atoms. The molecule has 0 aromatic heterocycles. The number of hydrogen-bond donors (Lipinski definition) is 1. The van der Waals surface area contributed by atoms with Crippen LogP contribution in [0.4, 0.5) is 4.39 Å². The minimum Gasteiger partial charge on any atom is -0.490 e. The van der Waals surface area contributed by atoms with Gasteiger partial charge in [-0.15, -0.1) is 0 Å². The molecule has 2 rings (SSSR count). The van der Waals surface area contributed by atoms with Crippen LogP contribution in [-0.2, 0) is 6.42 Å². The Balaban J connectivity index is 2.13. The van der Waals surface area contributed by atoms with Gasteiger partial charge in [0.1, 0.15) is 11.6 Å². The Bertz CT molecular complexity index is 359. The summed E-state index contributed by atoms with van der Waals surface area (Å²) in [6.07, 6.45) is 3.58. The summed E-state index contributed by atoms with van der Waals surface area (Å²) in [7, 11) is 0. The lowest BCUT2D eigenvalue weighted by molar-refractivity contribution is 0.117. The van der Waals surface area contributed by atoms with Crippen molar-refractivity contribution in [2.24, 2.45) is 0 Å². The first-order chi connectivity index (χ1) is 7.65. The number of benzene rings is 1. The lowest BCUT2D eigenvalue weighted by Gasteiger charge is -2.27. The van der Waals surface area contributed by atoms with E-state index in [4.69, 9.17) is 4.74 Å². The first-order valence-corrected chi connectivity index (χ1v) is 5.78. The van der Waals surface area contributed by atoms with Crippen molar-refractivity contribution in [3.05, 3.63) is 29.6 Å². The van der Waals surface area contributed by atoms with Crippen LogP contribution in [0.3, 0.4) is 0 Å². The van der Waals surface area contributed by atoms with E-state index < -0.39 is 6.10 Å². The minimum absolute atomic E-state index is 0.276. The van der Waals surface area contributed by atoms with Crippen LogP contribution in [0.1, 0.15) is 31.7 Å². The molecule has 1 aliphatic carbocycles. The first kappa shape index (κ1) is 11.4. The number of ether oxygens (including phenoxy) is 1. The summed E-state index contributed by atoms with van der Waals surface area (Å²) in [5.41, 5.74) is 0.752. The van der Waals surface area contributed by atoms with E-state index >= 15 is 0 Å². The highest BCUT2D eigenvalue weighted by Crippen LogP contribution is 2.28. The number of hydrogen-bond acceptors (Lipinski definition) is 2. The molecule has 0 radical (unpaired) electrons. The first-order valence-electron chi connectivity index (χ1n) is 5.78. The van der Waals surface area contributed by atoms with Crippen LogP contribution >= 0.6 is 0 Å². The molecule has 1 fully saturated rings. The summed E-state index contributed by atoms with van der Waals surface area (Å²) in [6, 6.07) is 4.51. The molecule has 1 N–H and O–H groups in total. The molecule has 1 atom stereocenters. The van der Waals surface area contributed by atoms with Gasteiger partial charge < -0.3 is 9.84 Å². The van der Waals surface area contributed by atoms with Crippen LogP contribution in [0.25, 0.3) is 0 Å². The quantitative estimate of drug-likeness (QED) is 0.852. The van der Waals surface area contributed by atoms with Crippen molar-refractivity contribution in [3.8, 4) is 5.75 Å². The Morgan fingerprint density at radius 3 is 2.81 bits per heavy atom. The Kier molecular flexibility index (Phi) is 3.44. The Labute approximate surface area is 95.1 Å². The van der Waals surface area contributed by atoms with Crippen molar-refractivity contribution in [3.63, 3.8) is 0 Å². The van der Waals surface area contributed by atoms with Gasteiger partial charge >= 0.3 is 0 Å². The normalized spacial score (nSPS) is 17.9. The van der Waals surface area contributed by atoms with Gasteiger partial charge in [0, 0.05) is 6.42 Å². The molecule has 0 amide bonds. The molecule has 0 spiro atoms. The molecule has 0 heterocycles. The van der Waals surface area contributed by atoms with E-state index in [1.165, 1.54) is 18.6 Å². The van der Waals surface area contributed by atoms with Crippen LogP contribution in [0, 0.1) is 5.82 Å². The Morgan fingerprint density at radius 2 is 2.25 bits per heavy atom. The van der Waals surface area contributed by atoms with E-state index in [-0.39, 0.29) is 11.9 Å². The maximum Gasteiger partial charge on any atom is 0.123 e. The van der Waals surface area contributed by atoms with Crippen molar-refractivity contribution >= 4 is 0 Å². The summed E-state index contributed by atoms with van der Waals surface area (Å²) >= 11 is 0. The van der Waals surface area contributed by atoms with Crippen molar-refractivity contribution in [1.29, 1.82) is 0 Å². The van der Waals surface area contributed by atoms with Gasteiger partial charge in [-0.3, -0.25) is 0 Å². The molecule has 2 nitrogen and oxygen atoms in total. The topological polar surface area (TPSA) is 29.5 Å². The fourth-order valence-corrected chi connectivity index (χ4v) is 1.81. The van der Waals surface area contributed by atoms with Crippen LogP contribution in [-0.4, -0.2) is 17.3 Å². The zero-order valence-corrected chi connectivity index (χ0v) is 9.45. The molecule has 1 unspecified atom stereocenters.